The van der Waals surface area contributed by atoms with Gasteiger partial charge in [0.25, 0.3) is 5.56 Å². The Hall–Kier alpha value is -3.45. The molecule has 0 spiro atoms. The van der Waals surface area contributed by atoms with Crippen LogP contribution in [0.15, 0.2) is 66.0 Å². The fourth-order valence-corrected chi connectivity index (χ4v) is 3.70. The van der Waals surface area contributed by atoms with E-state index in [2.05, 4.69) is 16.7 Å². The van der Waals surface area contributed by atoms with Gasteiger partial charge < -0.3 is 9.47 Å². The molecule has 0 fully saturated rings. The zero-order valence-electron chi connectivity index (χ0n) is 15.2. The summed E-state index contributed by atoms with van der Waals surface area (Å²) in [7, 11) is 1.59. The van der Waals surface area contributed by atoms with Gasteiger partial charge in [-0.25, -0.2) is 0 Å². The van der Waals surface area contributed by atoms with Crippen molar-refractivity contribution in [1.29, 1.82) is 0 Å². The molecule has 0 saturated heterocycles. The van der Waals surface area contributed by atoms with E-state index in [1.54, 1.807) is 19.3 Å². The summed E-state index contributed by atoms with van der Waals surface area (Å²) in [6, 6.07) is 15.0. The fourth-order valence-electron chi connectivity index (χ4n) is 2.80. The molecule has 4 aromatic rings. The number of aromatic nitrogens is 3. The van der Waals surface area contributed by atoms with Gasteiger partial charge in [-0.1, -0.05) is 54.3 Å². The molecule has 6 nitrogen and oxygen atoms in total. The van der Waals surface area contributed by atoms with Crippen molar-refractivity contribution < 1.29 is 9.47 Å². The van der Waals surface area contributed by atoms with E-state index in [1.807, 2.05) is 48.5 Å². The van der Waals surface area contributed by atoms with E-state index in [0.29, 0.717) is 33.4 Å². The number of ether oxygens (including phenoxy) is 2. The molecular formula is C21H17N3O3S. The van der Waals surface area contributed by atoms with E-state index in [1.165, 1.54) is 15.9 Å². The lowest BCUT2D eigenvalue weighted by atomic mass is 10.2. The second kappa shape index (κ2) is 7.66. The van der Waals surface area contributed by atoms with Gasteiger partial charge in [-0.15, -0.1) is 5.10 Å². The predicted molar refractivity (Wildman–Crippen MR) is 110 cm³/mol. The zero-order valence-corrected chi connectivity index (χ0v) is 16.0. The third-order valence-corrected chi connectivity index (χ3v) is 5.05. The summed E-state index contributed by atoms with van der Waals surface area (Å²) in [5.41, 5.74) is 1.34. The van der Waals surface area contributed by atoms with Gasteiger partial charge in [0.1, 0.15) is 18.1 Å². The number of rotatable bonds is 6. The Kier molecular flexibility index (Phi) is 4.90. The summed E-state index contributed by atoms with van der Waals surface area (Å²) < 4.78 is 12.9. The lowest BCUT2D eigenvalue weighted by Gasteiger charge is -2.05. The number of hydrogen-bond donors (Lipinski definition) is 0. The zero-order chi connectivity index (χ0) is 19.5. The molecule has 0 bridgehead atoms. The Bertz CT molecular complexity index is 1260. The summed E-state index contributed by atoms with van der Waals surface area (Å²) in [4.78, 5) is 17.9. The van der Waals surface area contributed by atoms with Gasteiger partial charge in [0.2, 0.25) is 4.96 Å². The van der Waals surface area contributed by atoms with Crippen LogP contribution in [0.1, 0.15) is 5.56 Å². The van der Waals surface area contributed by atoms with Gasteiger partial charge in [0.15, 0.2) is 5.82 Å². The summed E-state index contributed by atoms with van der Waals surface area (Å²) in [6.45, 7) is 4.05. The quantitative estimate of drug-likeness (QED) is 0.473. The van der Waals surface area contributed by atoms with Crippen molar-refractivity contribution in [3.63, 3.8) is 0 Å². The van der Waals surface area contributed by atoms with E-state index in [-0.39, 0.29) is 5.56 Å². The number of fused-ring (bicyclic) bond motifs is 1. The molecule has 7 heteroatoms. The van der Waals surface area contributed by atoms with Crippen LogP contribution in [0.3, 0.4) is 0 Å². The molecule has 2 heterocycles. The molecule has 0 unspecified atom stereocenters. The Labute approximate surface area is 165 Å². The van der Waals surface area contributed by atoms with Gasteiger partial charge in [-0.3, -0.25) is 4.79 Å². The summed E-state index contributed by atoms with van der Waals surface area (Å²) >= 11 is 1.28. The Morgan fingerprint density at radius 1 is 1.14 bits per heavy atom. The largest absolute Gasteiger partial charge is 0.496 e. The highest BCUT2D eigenvalue weighted by atomic mass is 32.1. The molecule has 28 heavy (non-hydrogen) atoms. The minimum absolute atomic E-state index is 0.216. The van der Waals surface area contributed by atoms with Crippen molar-refractivity contribution >= 4 is 22.4 Å². The van der Waals surface area contributed by atoms with Crippen molar-refractivity contribution in [2.24, 2.45) is 0 Å². The molecule has 0 amide bonds. The monoisotopic (exact) mass is 391 g/mol. The molecule has 140 valence electrons. The lowest BCUT2D eigenvalue weighted by Crippen LogP contribution is -2.23. The smallest absolute Gasteiger partial charge is 0.291 e. The molecule has 0 atom stereocenters. The minimum atomic E-state index is -0.216. The highest BCUT2D eigenvalue weighted by molar-refractivity contribution is 7.15. The van der Waals surface area contributed by atoms with Gasteiger partial charge in [-0.2, -0.15) is 9.50 Å². The van der Waals surface area contributed by atoms with Gasteiger partial charge in [0, 0.05) is 5.56 Å². The predicted octanol–water partition coefficient (Wildman–Crippen LogP) is 2.94. The standard InChI is InChI=1S/C21H17N3O3S/c1-3-12-27-16-10-6-4-8-14(16)13-18-20(25)24-21(28-18)22-19(23-24)15-9-5-7-11-17(15)26-2/h3-11,13H,1,12H2,2H3. The maximum atomic E-state index is 12.8. The lowest BCUT2D eigenvalue weighted by molar-refractivity contribution is 0.362. The second-order valence-corrected chi connectivity index (χ2v) is 6.89. The molecule has 2 aromatic heterocycles. The Morgan fingerprint density at radius 3 is 2.64 bits per heavy atom. The summed E-state index contributed by atoms with van der Waals surface area (Å²) in [5.74, 6) is 1.81. The van der Waals surface area contributed by atoms with Crippen molar-refractivity contribution in [2.75, 3.05) is 13.7 Å². The summed E-state index contributed by atoms with van der Waals surface area (Å²) in [5, 5.41) is 4.38. The topological polar surface area (TPSA) is 65.7 Å². The maximum absolute atomic E-state index is 12.8. The first-order valence-corrected chi connectivity index (χ1v) is 9.40. The molecule has 2 aromatic carbocycles. The van der Waals surface area contributed by atoms with E-state index in [9.17, 15) is 4.79 Å². The van der Waals surface area contributed by atoms with Crippen molar-refractivity contribution in [3.8, 4) is 22.9 Å². The Balaban J connectivity index is 1.79. The molecule has 0 radical (unpaired) electrons. The van der Waals surface area contributed by atoms with E-state index in [4.69, 9.17) is 9.47 Å². The molecule has 0 aliphatic heterocycles. The fraction of sp³-hybridized carbons (Fsp3) is 0.0952. The number of benzene rings is 2. The summed E-state index contributed by atoms with van der Waals surface area (Å²) in [6.07, 6.45) is 3.48. The second-order valence-electron chi connectivity index (χ2n) is 5.88. The highest BCUT2D eigenvalue weighted by Gasteiger charge is 2.15. The first-order valence-electron chi connectivity index (χ1n) is 8.58. The number of para-hydroxylation sites is 2. The molecule has 0 aliphatic rings. The SMILES string of the molecule is C=CCOc1ccccc1C=c1sc2nc(-c3ccccc3OC)nn2c1=O. The molecule has 4 rings (SSSR count). The first-order chi connectivity index (χ1) is 13.7. The number of nitrogens with zero attached hydrogens (tertiary/aromatic N) is 3. The van der Waals surface area contributed by atoms with Gasteiger partial charge in [-0.05, 0) is 24.3 Å². The number of hydrogen-bond acceptors (Lipinski definition) is 6. The average molecular weight is 391 g/mol. The van der Waals surface area contributed by atoms with Crippen LogP contribution in [-0.4, -0.2) is 28.3 Å². The van der Waals surface area contributed by atoms with Crippen LogP contribution >= 0.6 is 11.3 Å². The van der Waals surface area contributed by atoms with Crippen LogP contribution in [0.2, 0.25) is 0 Å². The third kappa shape index (κ3) is 3.27. The van der Waals surface area contributed by atoms with Crippen LogP contribution in [0.25, 0.3) is 22.4 Å². The molecular weight excluding hydrogens is 374 g/mol. The first kappa shape index (κ1) is 17.9. The molecule has 0 aliphatic carbocycles. The molecule has 0 N–H and O–H groups in total. The van der Waals surface area contributed by atoms with Crippen LogP contribution < -0.4 is 19.6 Å². The van der Waals surface area contributed by atoms with Gasteiger partial charge >= 0.3 is 0 Å². The third-order valence-electron chi connectivity index (χ3n) is 4.09. The van der Waals surface area contributed by atoms with Gasteiger partial charge in [0.05, 0.1) is 17.2 Å². The highest BCUT2D eigenvalue weighted by Crippen LogP contribution is 2.27. The molecule has 0 saturated carbocycles. The average Bonchev–Trinajstić information content (AvgIpc) is 3.27. The maximum Gasteiger partial charge on any atom is 0.291 e. The van der Waals surface area contributed by atoms with Crippen molar-refractivity contribution in [3.05, 3.63) is 81.6 Å². The Morgan fingerprint density at radius 2 is 1.89 bits per heavy atom. The van der Waals surface area contributed by atoms with Crippen LogP contribution in [0, 0.1) is 0 Å². The van der Waals surface area contributed by atoms with Crippen LogP contribution in [0.5, 0.6) is 11.5 Å². The van der Waals surface area contributed by atoms with Crippen LogP contribution in [0.4, 0.5) is 0 Å². The van der Waals surface area contributed by atoms with E-state index in [0.717, 1.165) is 11.1 Å². The normalized spacial score (nSPS) is 11.7. The van der Waals surface area contributed by atoms with Crippen molar-refractivity contribution in [2.45, 2.75) is 0 Å². The minimum Gasteiger partial charge on any atom is -0.496 e. The van der Waals surface area contributed by atoms with E-state index < -0.39 is 0 Å². The van der Waals surface area contributed by atoms with Crippen LogP contribution in [-0.2, 0) is 0 Å². The number of thiazole rings is 1. The number of methoxy groups -OCH3 is 1. The van der Waals surface area contributed by atoms with E-state index >= 15 is 0 Å². The van der Waals surface area contributed by atoms with Crippen molar-refractivity contribution in [1.82, 2.24) is 14.6 Å².